The summed E-state index contributed by atoms with van der Waals surface area (Å²) in [5.41, 5.74) is 0. The summed E-state index contributed by atoms with van der Waals surface area (Å²) in [4.78, 5) is 10.0. The summed E-state index contributed by atoms with van der Waals surface area (Å²) in [7, 11) is 0. The van der Waals surface area contributed by atoms with E-state index in [9.17, 15) is 4.79 Å². The van der Waals surface area contributed by atoms with Gasteiger partial charge in [0.05, 0.1) is 6.26 Å². The first-order valence-corrected chi connectivity index (χ1v) is 2.69. The highest BCUT2D eigenvalue weighted by Gasteiger charge is 1.81. The summed E-state index contributed by atoms with van der Waals surface area (Å²) < 4.78 is 4.38. The number of hydrogen-bond acceptors (Lipinski definition) is 2. The van der Waals surface area contributed by atoms with E-state index in [1.165, 1.54) is 13.2 Å². The van der Waals surface area contributed by atoms with Gasteiger partial charge in [-0.3, -0.25) is 4.79 Å². The molecule has 0 aliphatic carbocycles. The predicted molar refractivity (Wildman–Crippen MR) is 31.6 cm³/mol. The first kappa shape index (κ1) is 7.50. The van der Waals surface area contributed by atoms with Crippen LogP contribution in [0.3, 0.4) is 0 Å². The quantitative estimate of drug-likeness (QED) is 0.323. The zero-order chi connectivity index (χ0) is 6.41. The van der Waals surface area contributed by atoms with Gasteiger partial charge in [0.15, 0.2) is 0 Å². The van der Waals surface area contributed by atoms with Gasteiger partial charge in [0.1, 0.15) is 0 Å². The first-order chi connectivity index (χ1) is 3.77. The van der Waals surface area contributed by atoms with E-state index >= 15 is 0 Å². The zero-order valence-electron chi connectivity index (χ0n) is 4.56. The van der Waals surface area contributed by atoms with Crippen molar-refractivity contribution in [1.29, 1.82) is 0 Å². The van der Waals surface area contributed by atoms with Crippen molar-refractivity contribution < 1.29 is 9.53 Å². The second kappa shape index (κ2) is 4.65. The fourth-order valence-corrected chi connectivity index (χ4v) is 0.253. The molecule has 0 amide bonds. The van der Waals surface area contributed by atoms with E-state index in [-0.39, 0.29) is 5.97 Å². The Bertz CT molecular complexity index is 98.6. The molecule has 0 radical (unpaired) electrons. The van der Waals surface area contributed by atoms with Crippen molar-refractivity contribution in [3.05, 3.63) is 12.3 Å². The molecule has 0 saturated heterocycles. The Kier molecular flexibility index (Phi) is 4.36. The maximum absolute atomic E-state index is 10.0. The number of carbonyl (C=O) groups is 1. The molecule has 0 aliphatic heterocycles. The third-order valence-electron chi connectivity index (χ3n) is 0.419. The normalized spacial score (nSPS) is 9.75. The van der Waals surface area contributed by atoms with Crippen LogP contribution in [0.1, 0.15) is 6.92 Å². The fraction of sp³-hybridized carbons (Fsp3) is 0.400. The molecule has 0 N–H and O–H groups in total. The van der Waals surface area contributed by atoms with Gasteiger partial charge in [-0.25, -0.2) is 0 Å². The van der Waals surface area contributed by atoms with E-state index in [2.05, 4.69) is 4.74 Å². The van der Waals surface area contributed by atoms with Crippen molar-refractivity contribution in [3.63, 3.8) is 0 Å². The Morgan fingerprint density at radius 2 is 2.50 bits per heavy atom. The second-order valence-corrected chi connectivity index (χ2v) is 1.44. The van der Waals surface area contributed by atoms with Crippen molar-refractivity contribution in [1.82, 2.24) is 0 Å². The minimum Gasteiger partial charge on any atom is -0.435 e. The Labute approximate surface area is 53.1 Å². The molecule has 0 aromatic heterocycles. The molecule has 0 atom stereocenters. The number of ether oxygens (including phenoxy) is 1. The topological polar surface area (TPSA) is 26.3 Å². The van der Waals surface area contributed by atoms with E-state index in [0.717, 1.165) is 0 Å². The lowest BCUT2D eigenvalue weighted by molar-refractivity contribution is -0.135. The van der Waals surface area contributed by atoms with Crippen LogP contribution in [0.5, 0.6) is 0 Å². The van der Waals surface area contributed by atoms with Crippen LogP contribution < -0.4 is 0 Å². The van der Waals surface area contributed by atoms with Crippen LogP contribution >= 0.6 is 11.6 Å². The van der Waals surface area contributed by atoms with Crippen LogP contribution in [0.4, 0.5) is 0 Å². The standard InChI is InChI=1S/C5H7ClO2/c1-5(7)8-4-2-3-6/h2,4H,3H2,1H3/b4-2+. The number of esters is 1. The summed E-state index contributed by atoms with van der Waals surface area (Å²) in [6.45, 7) is 1.33. The molecule has 0 fully saturated rings. The highest BCUT2D eigenvalue weighted by molar-refractivity contribution is 6.18. The molecule has 0 aliphatic rings. The molecule has 0 rings (SSSR count). The Balaban J connectivity index is 3.16. The Hall–Kier alpha value is -0.500. The van der Waals surface area contributed by atoms with Gasteiger partial charge in [-0.1, -0.05) is 0 Å². The van der Waals surface area contributed by atoms with E-state index in [1.807, 2.05) is 0 Å². The number of alkyl halides is 1. The number of carbonyl (C=O) groups excluding carboxylic acids is 1. The van der Waals surface area contributed by atoms with Crippen LogP contribution in [-0.2, 0) is 9.53 Å². The molecule has 0 unspecified atom stereocenters. The third-order valence-corrected chi connectivity index (χ3v) is 0.597. The van der Waals surface area contributed by atoms with Gasteiger partial charge in [-0.05, 0) is 6.08 Å². The molecule has 3 heteroatoms. The molecule has 0 heterocycles. The lowest BCUT2D eigenvalue weighted by Crippen LogP contribution is -1.88. The van der Waals surface area contributed by atoms with E-state index in [0.29, 0.717) is 5.88 Å². The van der Waals surface area contributed by atoms with Crippen molar-refractivity contribution in [2.45, 2.75) is 6.92 Å². The van der Waals surface area contributed by atoms with E-state index in [4.69, 9.17) is 11.6 Å². The maximum Gasteiger partial charge on any atom is 0.307 e. The van der Waals surface area contributed by atoms with Gasteiger partial charge in [-0.2, -0.15) is 0 Å². The van der Waals surface area contributed by atoms with Gasteiger partial charge < -0.3 is 4.74 Å². The van der Waals surface area contributed by atoms with Crippen LogP contribution in [0.15, 0.2) is 12.3 Å². The number of hydrogen-bond donors (Lipinski definition) is 0. The average Bonchev–Trinajstić information content (AvgIpc) is 1.66. The summed E-state index contributed by atoms with van der Waals surface area (Å²) in [5.74, 6) is 0.0409. The summed E-state index contributed by atoms with van der Waals surface area (Å²) in [6, 6.07) is 0. The van der Waals surface area contributed by atoms with Crippen LogP contribution in [0.2, 0.25) is 0 Å². The zero-order valence-corrected chi connectivity index (χ0v) is 5.31. The lowest BCUT2D eigenvalue weighted by atomic mass is 10.7. The predicted octanol–water partition coefficient (Wildman–Crippen LogP) is 1.30. The summed E-state index contributed by atoms with van der Waals surface area (Å²) in [6.07, 6.45) is 2.82. The number of halogens is 1. The second-order valence-electron chi connectivity index (χ2n) is 1.14. The Morgan fingerprint density at radius 3 is 2.88 bits per heavy atom. The maximum atomic E-state index is 10.0. The van der Waals surface area contributed by atoms with E-state index in [1.54, 1.807) is 6.08 Å². The van der Waals surface area contributed by atoms with Crippen molar-refractivity contribution >= 4 is 17.6 Å². The van der Waals surface area contributed by atoms with E-state index < -0.39 is 0 Å². The molecule has 0 bridgehead atoms. The van der Waals surface area contributed by atoms with Crippen LogP contribution in [0, 0.1) is 0 Å². The molecule has 2 nitrogen and oxygen atoms in total. The van der Waals surface area contributed by atoms with Crippen molar-refractivity contribution in [2.75, 3.05) is 5.88 Å². The molecule has 8 heavy (non-hydrogen) atoms. The van der Waals surface area contributed by atoms with Gasteiger partial charge in [0.25, 0.3) is 0 Å². The highest BCUT2D eigenvalue weighted by Crippen LogP contribution is 1.80. The molecule has 0 aromatic rings. The van der Waals surface area contributed by atoms with Gasteiger partial charge in [0, 0.05) is 12.8 Å². The monoisotopic (exact) mass is 134 g/mol. The Morgan fingerprint density at radius 1 is 1.88 bits per heavy atom. The van der Waals surface area contributed by atoms with Crippen molar-refractivity contribution in [3.8, 4) is 0 Å². The molecule has 0 spiro atoms. The average molecular weight is 135 g/mol. The minimum atomic E-state index is -0.327. The third kappa shape index (κ3) is 5.50. The first-order valence-electron chi connectivity index (χ1n) is 2.15. The van der Waals surface area contributed by atoms with Crippen LogP contribution in [0.25, 0.3) is 0 Å². The lowest BCUT2D eigenvalue weighted by Gasteiger charge is -1.86. The molecular formula is C5H7ClO2. The molecular weight excluding hydrogens is 128 g/mol. The fourth-order valence-electron chi connectivity index (χ4n) is 0.180. The number of allylic oxidation sites excluding steroid dienone is 1. The van der Waals surface area contributed by atoms with Gasteiger partial charge in [-0.15, -0.1) is 11.6 Å². The van der Waals surface area contributed by atoms with Crippen LogP contribution in [-0.4, -0.2) is 11.8 Å². The molecule has 46 valence electrons. The summed E-state index contributed by atoms with van der Waals surface area (Å²) in [5, 5.41) is 0. The number of rotatable bonds is 2. The molecule has 0 saturated carbocycles. The van der Waals surface area contributed by atoms with Gasteiger partial charge >= 0.3 is 5.97 Å². The molecule has 0 aromatic carbocycles. The largest absolute Gasteiger partial charge is 0.435 e. The van der Waals surface area contributed by atoms with Crippen molar-refractivity contribution in [2.24, 2.45) is 0 Å². The highest BCUT2D eigenvalue weighted by atomic mass is 35.5. The minimum absolute atomic E-state index is 0.327. The van der Waals surface area contributed by atoms with Gasteiger partial charge in [0.2, 0.25) is 0 Å². The SMILES string of the molecule is CC(=O)O/C=C/CCl. The smallest absolute Gasteiger partial charge is 0.307 e. The summed E-state index contributed by atoms with van der Waals surface area (Å²) >= 11 is 5.21.